The van der Waals surface area contributed by atoms with Gasteiger partial charge in [0.15, 0.2) is 81.9 Å². The predicted molar refractivity (Wildman–Crippen MR) is 206 cm³/mol. The summed E-state index contributed by atoms with van der Waals surface area (Å²) in [6.45, 7) is -1.52. The zero-order valence-corrected chi connectivity index (χ0v) is 32.6. The average Bonchev–Trinajstić information content (AvgIpc) is 3.29. The van der Waals surface area contributed by atoms with Gasteiger partial charge in [-0.2, -0.15) is 0 Å². The Labute approximate surface area is 367 Å². The molecule has 0 aromatic heterocycles. The second-order valence-corrected chi connectivity index (χ2v) is 15.0. The van der Waals surface area contributed by atoms with E-state index in [1.165, 1.54) is 0 Å². The van der Waals surface area contributed by atoms with Crippen LogP contribution < -0.4 is 0 Å². The molecule has 5 heterocycles. The van der Waals surface area contributed by atoms with Gasteiger partial charge in [0.2, 0.25) is 28.7 Å². The van der Waals surface area contributed by atoms with Gasteiger partial charge >= 0.3 is 29.8 Å². The van der Waals surface area contributed by atoms with Crippen LogP contribution in [0.5, 0.6) is 86.2 Å². The Kier molecular flexibility index (Phi) is 9.05. The lowest BCUT2D eigenvalue weighted by Gasteiger charge is -2.41. The van der Waals surface area contributed by atoms with Gasteiger partial charge in [-0.05, 0) is 18.2 Å². The molecule has 5 aromatic rings. The topological polar surface area (TPSA) is 455 Å². The first-order valence-electron chi connectivity index (χ1n) is 18.6. The highest BCUT2D eigenvalue weighted by molar-refractivity contribution is 6.16. The fourth-order valence-corrected chi connectivity index (χ4v) is 8.34. The van der Waals surface area contributed by atoms with Crippen LogP contribution in [0.2, 0.25) is 0 Å². The zero-order chi connectivity index (χ0) is 48.7. The lowest BCUT2D eigenvalue weighted by molar-refractivity contribution is -0.154. The standard InChI is InChI=1S/C41H26O26/c42-9-2-6-12(24(48)22(9)46)5-1-8(21(45)31(55)20(5)44)39(60)65-34-11(4-63-37(6)58)64-38(59)7-3-10(43)23(47)25(49)13(7)14-17-15(27(51)32(56)26(14)50)16-18-19(29(53)33(57)28(16)52)30(54)35(66-41(18)62)36(34)67-40(17)61/h1-3,11,30,34-36,42-57H,4H2/t11-,30+,34-,35+,36+/m1/s1. The maximum absolute atomic E-state index is 15.0. The number of rotatable bonds is 0. The number of ether oxygens (including phenoxy) is 5. The van der Waals surface area contributed by atoms with Crippen molar-refractivity contribution in [3.8, 4) is 120 Å². The van der Waals surface area contributed by atoms with Gasteiger partial charge in [0.25, 0.3) is 0 Å². The summed E-state index contributed by atoms with van der Waals surface area (Å²) in [4.78, 5) is 72.1. The van der Waals surface area contributed by atoms with E-state index in [0.717, 1.165) is 0 Å². The molecule has 5 aromatic carbocycles. The first-order valence-corrected chi connectivity index (χ1v) is 18.6. The molecule has 0 spiro atoms. The van der Waals surface area contributed by atoms with Crippen LogP contribution in [-0.2, 0) is 23.7 Å². The smallest absolute Gasteiger partial charge is 0.342 e. The van der Waals surface area contributed by atoms with E-state index < -0.39 is 220 Å². The molecule has 0 aliphatic carbocycles. The molecule has 16 N–H and O–H groups in total. The molecule has 0 unspecified atom stereocenters. The summed E-state index contributed by atoms with van der Waals surface area (Å²) in [7, 11) is 0. The van der Waals surface area contributed by atoms with Gasteiger partial charge in [0, 0.05) is 38.9 Å². The Morgan fingerprint density at radius 1 is 0.343 bits per heavy atom. The molecule has 5 atom stereocenters. The van der Waals surface area contributed by atoms with E-state index in [2.05, 4.69) is 0 Å². The van der Waals surface area contributed by atoms with Crippen LogP contribution in [0.4, 0.5) is 0 Å². The molecular formula is C41H26O26. The number of aromatic hydroxyl groups is 15. The second kappa shape index (κ2) is 14.2. The van der Waals surface area contributed by atoms with E-state index in [4.69, 9.17) is 23.7 Å². The maximum atomic E-state index is 15.0. The van der Waals surface area contributed by atoms with E-state index in [9.17, 15) is 106 Å². The lowest BCUT2D eigenvalue weighted by atomic mass is 9.80. The third-order valence-electron chi connectivity index (χ3n) is 11.5. The first-order chi connectivity index (χ1) is 31.5. The molecule has 5 aliphatic heterocycles. The van der Waals surface area contributed by atoms with E-state index in [0.29, 0.717) is 18.2 Å². The van der Waals surface area contributed by atoms with Crippen molar-refractivity contribution in [1.29, 1.82) is 0 Å². The fraction of sp³-hybridized carbons (Fsp3) is 0.146. The Hall–Kier alpha value is -9.59. The third kappa shape index (κ3) is 5.68. The van der Waals surface area contributed by atoms with Crippen molar-refractivity contribution >= 4 is 29.8 Å². The molecule has 346 valence electrons. The summed E-state index contributed by atoms with van der Waals surface area (Å²) in [5.74, 6) is -32.2. The number of phenolic OH excluding ortho intramolecular Hbond substituents is 15. The summed E-state index contributed by atoms with van der Waals surface area (Å²) in [5, 5.41) is 177. The number of carbonyl (C=O) groups excluding carboxylic acids is 5. The summed E-state index contributed by atoms with van der Waals surface area (Å²) < 4.78 is 27.7. The van der Waals surface area contributed by atoms with Crippen LogP contribution in [0, 0.1) is 0 Å². The van der Waals surface area contributed by atoms with Gasteiger partial charge in [0.1, 0.15) is 18.3 Å². The number of phenols is 15. The number of esters is 5. The van der Waals surface area contributed by atoms with Crippen molar-refractivity contribution < 1.29 is 129 Å². The Morgan fingerprint density at radius 2 is 0.776 bits per heavy atom. The minimum absolute atomic E-state index is 0.318. The van der Waals surface area contributed by atoms with Crippen LogP contribution in [0.25, 0.3) is 33.4 Å². The fourth-order valence-electron chi connectivity index (χ4n) is 8.34. The number of cyclic esters (lactones) is 1. The van der Waals surface area contributed by atoms with Gasteiger partial charge in [-0.3, -0.25) is 0 Å². The van der Waals surface area contributed by atoms with Gasteiger partial charge in [0.05, 0.1) is 22.3 Å². The van der Waals surface area contributed by atoms with E-state index >= 15 is 0 Å². The zero-order valence-electron chi connectivity index (χ0n) is 32.6. The highest BCUT2D eigenvalue weighted by Gasteiger charge is 2.55. The van der Waals surface area contributed by atoms with Crippen molar-refractivity contribution in [1.82, 2.24) is 0 Å². The van der Waals surface area contributed by atoms with Gasteiger partial charge in [-0.25, -0.2) is 24.0 Å². The maximum Gasteiger partial charge on any atom is 0.342 e. The summed E-state index contributed by atoms with van der Waals surface area (Å²) in [6.07, 6.45) is -13.5. The number of hydrogen-bond donors (Lipinski definition) is 16. The van der Waals surface area contributed by atoms with Crippen molar-refractivity contribution in [2.75, 3.05) is 6.61 Å². The van der Waals surface area contributed by atoms with Crippen molar-refractivity contribution in [2.45, 2.75) is 30.5 Å². The minimum Gasteiger partial charge on any atom is -0.504 e. The van der Waals surface area contributed by atoms with Crippen LogP contribution in [0.15, 0.2) is 18.2 Å². The monoisotopic (exact) mass is 934 g/mol. The quantitative estimate of drug-likeness (QED) is 0.0591. The number of aliphatic hydroxyl groups excluding tert-OH is 1. The summed E-state index contributed by atoms with van der Waals surface area (Å²) >= 11 is 0. The molecule has 10 rings (SSSR count). The van der Waals surface area contributed by atoms with Crippen LogP contribution in [-0.4, -0.2) is 143 Å². The van der Waals surface area contributed by atoms with Gasteiger partial charge in [-0.1, -0.05) is 0 Å². The van der Waals surface area contributed by atoms with Crippen molar-refractivity contribution in [3.05, 3.63) is 51.6 Å². The second-order valence-electron chi connectivity index (χ2n) is 15.0. The third-order valence-corrected chi connectivity index (χ3v) is 11.5. The molecule has 0 saturated heterocycles. The Morgan fingerprint density at radius 3 is 1.39 bits per heavy atom. The highest BCUT2D eigenvalue weighted by atomic mass is 16.6. The van der Waals surface area contributed by atoms with Gasteiger partial charge in [-0.15, -0.1) is 0 Å². The average molecular weight is 935 g/mol. The largest absolute Gasteiger partial charge is 0.504 e. The minimum atomic E-state index is -2.79. The SMILES string of the molecule is O=C1O[C@H]2[C@@H]3OC(=O)c4c(c(O)c(O)c(O)c4-c4c(O)c(O)c(O)c5c4C(=O)O[C@H]3[C@H]5O)-c3c(cc(O)c(O)c3O)C(=O)O[C@@H]2COC(=O)c2cc(O)c(O)c(O)c2-c2cc1c(O)c(O)c2O. The summed E-state index contributed by atoms with van der Waals surface area (Å²) in [5.41, 5.74) is -14.6. The van der Waals surface area contributed by atoms with E-state index in [1.54, 1.807) is 0 Å². The molecular weight excluding hydrogens is 908 g/mol. The molecule has 26 heteroatoms. The van der Waals surface area contributed by atoms with Crippen LogP contribution in [0.1, 0.15) is 63.5 Å². The molecule has 67 heavy (non-hydrogen) atoms. The van der Waals surface area contributed by atoms with Crippen molar-refractivity contribution in [2.24, 2.45) is 0 Å². The molecule has 26 nitrogen and oxygen atoms in total. The number of aliphatic hydroxyl groups is 1. The Bertz CT molecular complexity index is 3190. The van der Waals surface area contributed by atoms with E-state index in [1.807, 2.05) is 0 Å². The molecule has 0 fully saturated rings. The molecule has 0 radical (unpaired) electrons. The number of benzene rings is 5. The lowest BCUT2D eigenvalue weighted by Crippen LogP contribution is -2.56. The van der Waals surface area contributed by atoms with Crippen LogP contribution in [0.3, 0.4) is 0 Å². The molecule has 0 amide bonds. The van der Waals surface area contributed by atoms with E-state index in [-0.39, 0.29) is 0 Å². The molecule has 8 bridgehead atoms. The number of carbonyl (C=O) groups is 5. The first kappa shape index (κ1) is 42.7. The summed E-state index contributed by atoms with van der Waals surface area (Å²) in [6, 6.07) is 1.18. The normalized spacial score (nSPS) is 20.6. The van der Waals surface area contributed by atoms with Crippen LogP contribution >= 0.6 is 0 Å². The highest BCUT2D eigenvalue weighted by Crippen LogP contribution is 2.62. The predicted octanol–water partition coefficient (Wildman–Crippen LogP) is 1.32. The molecule has 5 aliphatic rings. The number of fused-ring (bicyclic) bond motifs is 8. The van der Waals surface area contributed by atoms with Crippen molar-refractivity contribution in [3.63, 3.8) is 0 Å². The van der Waals surface area contributed by atoms with Gasteiger partial charge < -0.3 is 105 Å². The Balaban J connectivity index is 1.43. The molecule has 0 saturated carbocycles. The number of hydrogen-bond acceptors (Lipinski definition) is 26.